The molecule has 19 heavy (non-hydrogen) atoms. The molecule has 1 heterocycles. The third kappa shape index (κ3) is 3.21. The average molecular weight is 265 g/mol. The number of hydrogen-bond donors (Lipinski definition) is 1. The Morgan fingerprint density at radius 2 is 2.05 bits per heavy atom. The topological polar surface area (TPSA) is 39.1 Å². The van der Waals surface area contributed by atoms with Gasteiger partial charge in [0.1, 0.15) is 5.69 Å². The van der Waals surface area contributed by atoms with E-state index in [0.717, 1.165) is 37.9 Å². The Morgan fingerprint density at radius 3 is 2.58 bits per heavy atom. The fourth-order valence-electron chi connectivity index (χ4n) is 2.50. The first-order valence-corrected chi connectivity index (χ1v) is 6.45. The van der Waals surface area contributed by atoms with Gasteiger partial charge in [0.05, 0.1) is 11.6 Å². The predicted molar refractivity (Wildman–Crippen MR) is 70.0 cm³/mol. The quantitative estimate of drug-likeness (QED) is 0.912. The lowest BCUT2D eigenvalue weighted by Crippen LogP contribution is -2.42. The van der Waals surface area contributed by atoms with Crippen LogP contribution in [0.1, 0.15) is 24.8 Å². The summed E-state index contributed by atoms with van der Waals surface area (Å²) in [6.45, 7) is 1.51. The largest absolute Gasteiger partial charge is 0.368 e. The molecule has 1 aromatic rings. The lowest BCUT2D eigenvalue weighted by molar-refractivity contribution is 0.401. The molecule has 0 aromatic heterocycles. The molecule has 1 aliphatic rings. The fraction of sp³-hybridized carbons (Fsp3) is 0.500. The summed E-state index contributed by atoms with van der Waals surface area (Å²) in [7, 11) is 1.67. The van der Waals surface area contributed by atoms with Crippen LogP contribution in [0.15, 0.2) is 12.1 Å². The molecule has 1 unspecified atom stereocenters. The predicted octanol–water partition coefficient (Wildman–Crippen LogP) is 2.41. The Hall–Kier alpha value is -1.67. The van der Waals surface area contributed by atoms with Gasteiger partial charge in [-0.2, -0.15) is 5.26 Å². The summed E-state index contributed by atoms with van der Waals surface area (Å²) in [5.74, 6) is -1.37. The lowest BCUT2D eigenvalue weighted by Gasteiger charge is -2.29. The van der Waals surface area contributed by atoms with E-state index in [0.29, 0.717) is 6.54 Å². The first-order chi connectivity index (χ1) is 9.11. The van der Waals surface area contributed by atoms with Gasteiger partial charge >= 0.3 is 0 Å². The Labute approximate surface area is 111 Å². The Bertz CT molecular complexity index is 467. The van der Waals surface area contributed by atoms with Crippen molar-refractivity contribution in [3.05, 3.63) is 29.3 Å². The van der Waals surface area contributed by atoms with Crippen LogP contribution in [0.25, 0.3) is 0 Å². The molecule has 0 radical (unpaired) electrons. The smallest absolute Gasteiger partial charge is 0.150 e. The maximum Gasteiger partial charge on any atom is 0.150 e. The van der Waals surface area contributed by atoms with Crippen LogP contribution < -0.4 is 10.2 Å². The zero-order valence-electron chi connectivity index (χ0n) is 10.9. The normalized spacial score (nSPS) is 18.9. The van der Waals surface area contributed by atoms with E-state index in [4.69, 9.17) is 5.26 Å². The highest BCUT2D eigenvalue weighted by Gasteiger charge is 2.20. The number of likely N-dealkylation sites (N-methyl/N-ethyl adjacent to an activating group) is 1. The van der Waals surface area contributed by atoms with E-state index in [1.807, 2.05) is 0 Å². The third-order valence-electron chi connectivity index (χ3n) is 3.43. The summed E-state index contributed by atoms with van der Waals surface area (Å²) in [4.78, 5) is 1.58. The first kappa shape index (κ1) is 13.8. The van der Waals surface area contributed by atoms with Crippen LogP contribution in [-0.4, -0.2) is 26.2 Å². The van der Waals surface area contributed by atoms with Crippen LogP contribution in [-0.2, 0) is 0 Å². The van der Waals surface area contributed by atoms with Gasteiger partial charge in [-0.05, 0) is 31.5 Å². The molecular weight excluding hydrogens is 248 g/mol. The van der Waals surface area contributed by atoms with E-state index in [1.165, 1.54) is 0 Å². The second kappa shape index (κ2) is 5.98. The summed E-state index contributed by atoms with van der Waals surface area (Å²) in [5.41, 5.74) is -0.0608. The average Bonchev–Trinajstić information content (AvgIpc) is 2.38. The minimum atomic E-state index is -0.685. The molecule has 1 N–H and O–H groups in total. The maximum absolute atomic E-state index is 13.8. The van der Waals surface area contributed by atoms with Gasteiger partial charge in [-0.1, -0.05) is 6.42 Å². The first-order valence-electron chi connectivity index (χ1n) is 6.45. The fourth-order valence-corrected chi connectivity index (χ4v) is 2.50. The van der Waals surface area contributed by atoms with E-state index >= 15 is 0 Å². The maximum atomic E-state index is 13.8. The number of nitrogens with one attached hydrogen (secondary N) is 1. The van der Waals surface area contributed by atoms with Crippen LogP contribution in [0.4, 0.5) is 14.5 Å². The van der Waals surface area contributed by atoms with Crippen LogP contribution in [0, 0.1) is 23.0 Å². The van der Waals surface area contributed by atoms with E-state index in [2.05, 4.69) is 5.32 Å². The number of benzene rings is 1. The molecule has 5 heteroatoms. The van der Waals surface area contributed by atoms with Crippen molar-refractivity contribution in [2.24, 2.45) is 0 Å². The minimum Gasteiger partial charge on any atom is -0.368 e. The van der Waals surface area contributed by atoms with Gasteiger partial charge in [0.15, 0.2) is 11.6 Å². The van der Waals surface area contributed by atoms with Crippen molar-refractivity contribution in [1.82, 2.24) is 5.32 Å². The van der Waals surface area contributed by atoms with Crippen LogP contribution in [0.5, 0.6) is 0 Å². The van der Waals surface area contributed by atoms with Gasteiger partial charge in [-0.25, -0.2) is 8.78 Å². The number of nitriles is 1. The molecule has 102 valence electrons. The van der Waals surface area contributed by atoms with Gasteiger partial charge in [-0.15, -0.1) is 0 Å². The Kier molecular flexibility index (Phi) is 4.33. The van der Waals surface area contributed by atoms with Crippen molar-refractivity contribution >= 4 is 5.69 Å². The molecule has 0 aliphatic carbocycles. The summed E-state index contributed by atoms with van der Waals surface area (Å²) in [5, 5.41) is 12.0. The van der Waals surface area contributed by atoms with E-state index in [1.54, 1.807) is 18.0 Å². The molecule has 1 aromatic carbocycles. The molecular formula is C14H17F2N3. The molecule has 3 nitrogen and oxygen atoms in total. The standard InChI is InChI=1S/C14H17F2N3/c1-19(9-11-4-2-3-5-18-11)14-12(15)6-10(8-17)7-13(14)16/h6-7,11,18H,2-5,9H2,1H3. The molecule has 0 amide bonds. The highest BCUT2D eigenvalue weighted by molar-refractivity contribution is 5.52. The highest BCUT2D eigenvalue weighted by atomic mass is 19.1. The highest BCUT2D eigenvalue weighted by Crippen LogP contribution is 2.24. The second-order valence-electron chi connectivity index (χ2n) is 4.93. The zero-order chi connectivity index (χ0) is 13.8. The summed E-state index contributed by atoms with van der Waals surface area (Å²) in [6, 6.07) is 4.15. The second-order valence-corrected chi connectivity index (χ2v) is 4.93. The van der Waals surface area contributed by atoms with E-state index in [-0.39, 0.29) is 17.3 Å². The van der Waals surface area contributed by atoms with Crippen molar-refractivity contribution in [2.45, 2.75) is 25.3 Å². The number of rotatable bonds is 3. The van der Waals surface area contributed by atoms with Crippen LogP contribution in [0.2, 0.25) is 0 Å². The molecule has 0 saturated carbocycles. The summed E-state index contributed by atoms with van der Waals surface area (Å²) in [6.07, 6.45) is 3.31. The van der Waals surface area contributed by atoms with Gasteiger partial charge in [0.25, 0.3) is 0 Å². The van der Waals surface area contributed by atoms with E-state index in [9.17, 15) is 8.78 Å². The van der Waals surface area contributed by atoms with Crippen molar-refractivity contribution in [1.29, 1.82) is 5.26 Å². The molecule has 1 atom stereocenters. The molecule has 0 bridgehead atoms. The zero-order valence-corrected chi connectivity index (χ0v) is 10.9. The van der Waals surface area contributed by atoms with Gasteiger partial charge in [-0.3, -0.25) is 0 Å². The molecule has 1 saturated heterocycles. The lowest BCUT2D eigenvalue weighted by atomic mass is 10.0. The Balaban J connectivity index is 2.14. The minimum absolute atomic E-state index is 0.00272. The number of piperidine rings is 1. The third-order valence-corrected chi connectivity index (χ3v) is 3.43. The molecule has 2 rings (SSSR count). The van der Waals surface area contributed by atoms with E-state index < -0.39 is 11.6 Å². The SMILES string of the molecule is CN(CC1CCCCN1)c1c(F)cc(C#N)cc1F. The van der Waals surface area contributed by atoms with Crippen molar-refractivity contribution in [2.75, 3.05) is 25.0 Å². The van der Waals surface area contributed by atoms with Crippen LogP contribution in [0.3, 0.4) is 0 Å². The molecule has 1 fully saturated rings. The van der Waals surface area contributed by atoms with Crippen molar-refractivity contribution < 1.29 is 8.78 Å². The summed E-state index contributed by atoms with van der Waals surface area (Å²) >= 11 is 0. The number of nitrogens with zero attached hydrogens (tertiary/aromatic N) is 2. The Morgan fingerprint density at radius 1 is 1.37 bits per heavy atom. The van der Waals surface area contributed by atoms with Gasteiger partial charge in [0.2, 0.25) is 0 Å². The van der Waals surface area contributed by atoms with Crippen molar-refractivity contribution in [3.63, 3.8) is 0 Å². The molecule has 1 aliphatic heterocycles. The van der Waals surface area contributed by atoms with Crippen LogP contribution >= 0.6 is 0 Å². The number of hydrogen-bond acceptors (Lipinski definition) is 3. The monoisotopic (exact) mass is 265 g/mol. The number of halogens is 2. The number of anilines is 1. The van der Waals surface area contributed by atoms with Gasteiger partial charge < -0.3 is 10.2 Å². The van der Waals surface area contributed by atoms with Crippen molar-refractivity contribution in [3.8, 4) is 6.07 Å². The summed E-state index contributed by atoms with van der Waals surface area (Å²) < 4.78 is 27.7. The molecule has 0 spiro atoms. The van der Waals surface area contributed by atoms with Gasteiger partial charge in [0, 0.05) is 19.6 Å².